The molecule has 0 aliphatic rings. The summed E-state index contributed by atoms with van der Waals surface area (Å²) in [6.45, 7) is 3.06. The zero-order valence-corrected chi connectivity index (χ0v) is 9.74. The van der Waals surface area contributed by atoms with Crippen LogP contribution in [0.1, 0.15) is 13.0 Å². The molecule has 1 aromatic rings. The highest BCUT2D eigenvalue weighted by Gasteiger charge is 2.09. The Hall–Kier alpha value is -0.550. The van der Waals surface area contributed by atoms with Crippen LogP contribution in [-0.4, -0.2) is 35.3 Å². The maximum absolute atomic E-state index is 5.62. The van der Waals surface area contributed by atoms with Crippen molar-refractivity contribution in [2.24, 2.45) is 0 Å². The largest absolute Gasteiger partial charge is 0.381 e. The molecule has 1 atom stereocenters. The van der Waals surface area contributed by atoms with Gasteiger partial charge in [0.1, 0.15) is 0 Å². The molecule has 0 spiro atoms. The summed E-state index contributed by atoms with van der Waals surface area (Å²) in [5.41, 5.74) is 5.62. The van der Waals surface area contributed by atoms with Crippen molar-refractivity contribution < 1.29 is 0 Å². The highest BCUT2D eigenvalue weighted by atomic mass is 79.9. The van der Waals surface area contributed by atoms with Crippen molar-refractivity contribution in [2.45, 2.75) is 13.0 Å². The Balaban J connectivity index is 2.71. The third-order valence-corrected chi connectivity index (χ3v) is 2.41. The number of nitrogens with two attached hydrogens (primary N) is 1. The second-order valence-corrected chi connectivity index (χ2v) is 4.31. The van der Waals surface area contributed by atoms with E-state index in [9.17, 15) is 0 Å². The molecule has 0 aliphatic carbocycles. The standard InChI is InChI=1S/C8H15BrN4/c1-6(4-12(2)3)13-5-7(9)8(10)11-13/h5-6H,4H2,1-3H3,(H2,10,11). The van der Waals surface area contributed by atoms with Gasteiger partial charge in [-0.15, -0.1) is 0 Å². The molecule has 2 N–H and O–H groups in total. The molecule has 1 aromatic heterocycles. The van der Waals surface area contributed by atoms with Crippen molar-refractivity contribution >= 4 is 21.7 Å². The fourth-order valence-electron chi connectivity index (χ4n) is 1.22. The molecule has 0 saturated heterocycles. The Bertz CT molecular complexity index is 262. The number of aromatic nitrogens is 2. The summed E-state index contributed by atoms with van der Waals surface area (Å²) in [6, 6.07) is 0.337. The summed E-state index contributed by atoms with van der Waals surface area (Å²) in [7, 11) is 4.08. The van der Waals surface area contributed by atoms with Crippen LogP contribution >= 0.6 is 15.9 Å². The number of hydrogen-bond donors (Lipinski definition) is 1. The molecule has 0 amide bonds. The van der Waals surface area contributed by atoms with Gasteiger partial charge in [0.15, 0.2) is 5.82 Å². The average Bonchev–Trinajstić information content (AvgIpc) is 2.31. The monoisotopic (exact) mass is 246 g/mol. The number of likely N-dealkylation sites (N-methyl/N-ethyl adjacent to an activating group) is 1. The lowest BCUT2D eigenvalue weighted by molar-refractivity contribution is 0.322. The van der Waals surface area contributed by atoms with E-state index in [0.717, 1.165) is 11.0 Å². The predicted molar refractivity (Wildman–Crippen MR) is 57.6 cm³/mol. The van der Waals surface area contributed by atoms with Gasteiger partial charge < -0.3 is 10.6 Å². The summed E-state index contributed by atoms with van der Waals surface area (Å²) in [5.74, 6) is 0.547. The van der Waals surface area contributed by atoms with E-state index in [1.807, 2.05) is 25.0 Å². The molecule has 1 unspecified atom stereocenters. The van der Waals surface area contributed by atoms with Crippen LogP contribution in [-0.2, 0) is 0 Å². The van der Waals surface area contributed by atoms with Crippen molar-refractivity contribution in [1.82, 2.24) is 14.7 Å². The molecule has 0 aliphatic heterocycles. The minimum Gasteiger partial charge on any atom is -0.381 e. The molecule has 74 valence electrons. The lowest BCUT2D eigenvalue weighted by atomic mass is 10.3. The van der Waals surface area contributed by atoms with Crippen LogP contribution < -0.4 is 5.73 Å². The smallest absolute Gasteiger partial charge is 0.159 e. The highest BCUT2D eigenvalue weighted by Crippen LogP contribution is 2.19. The third-order valence-electron chi connectivity index (χ3n) is 1.79. The Morgan fingerprint density at radius 3 is 2.69 bits per heavy atom. The minimum atomic E-state index is 0.337. The fourth-order valence-corrected chi connectivity index (χ4v) is 1.51. The number of nitrogens with zero attached hydrogens (tertiary/aromatic N) is 3. The number of rotatable bonds is 3. The zero-order valence-electron chi connectivity index (χ0n) is 8.16. The van der Waals surface area contributed by atoms with Gasteiger partial charge in [0.25, 0.3) is 0 Å². The summed E-state index contributed by atoms with van der Waals surface area (Å²) in [4.78, 5) is 2.12. The molecule has 13 heavy (non-hydrogen) atoms. The molecule has 1 heterocycles. The number of hydrogen-bond acceptors (Lipinski definition) is 3. The van der Waals surface area contributed by atoms with Crippen molar-refractivity contribution in [2.75, 3.05) is 26.4 Å². The van der Waals surface area contributed by atoms with E-state index in [1.165, 1.54) is 0 Å². The van der Waals surface area contributed by atoms with E-state index >= 15 is 0 Å². The van der Waals surface area contributed by atoms with E-state index in [-0.39, 0.29) is 0 Å². The van der Waals surface area contributed by atoms with Gasteiger partial charge in [0.05, 0.1) is 10.5 Å². The number of anilines is 1. The van der Waals surface area contributed by atoms with Crippen LogP contribution in [0.3, 0.4) is 0 Å². The summed E-state index contributed by atoms with van der Waals surface area (Å²) < 4.78 is 2.73. The van der Waals surface area contributed by atoms with Crippen molar-refractivity contribution in [3.05, 3.63) is 10.7 Å². The summed E-state index contributed by atoms with van der Waals surface area (Å²) in [6.07, 6.45) is 1.91. The van der Waals surface area contributed by atoms with Crippen LogP contribution in [0.15, 0.2) is 10.7 Å². The van der Waals surface area contributed by atoms with Gasteiger partial charge in [-0.2, -0.15) is 5.10 Å². The first kappa shape index (κ1) is 10.5. The van der Waals surface area contributed by atoms with Crippen LogP contribution in [0.25, 0.3) is 0 Å². The molecule has 1 rings (SSSR count). The van der Waals surface area contributed by atoms with E-state index in [1.54, 1.807) is 0 Å². The topological polar surface area (TPSA) is 47.1 Å². The second kappa shape index (κ2) is 4.11. The van der Waals surface area contributed by atoms with Crippen molar-refractivity contribution in [3.63, 3.8) is 0 Å². The van der Waals surface area contributed by atoms with Gasteiger partial charge in [-0.1, -0.05) is 0 Å². The number of halogens is 1. The SMILES string of the molecule is CC(CN(C)C)n1cc(Br)c(N)n1. The van der Waals surface area contributed by atoms with Gasteiger partial charge in [-0.3, -0.25) is 4.68 Å². The maximum Gasteiger partial charge on any atom is 0.159 e. The van der Waals surface area contributed by atoms with Crippen LogP contribution in [0.4, 0.5) is 5.82 Å². The van der Waals surface area contributed by atoms with Crippen LogP contribution in [0.5, 0.6) is 0 Å². The van der Waals surface area contributed by atoms with Crippen molar-refractivity contribution in [1.29, 1.82) is 0 Å². The third kappa shape index (κ3) is 2.70. The zero-order chi connectivity index (χ0) is 10.0. The second-order valence-electron chi connectivity index (χ2n) is 3.45. The van der Waals surface area contributed by atoms with Gasteiger partial charge >= 0.3 is 0 Å². The van der Waals surface area contributed by atoms with E-state index in [0.29, 0.717) is 11.9 Å². The molecular weight excluding hydrogens is 232 g/mol. The first-order valence-corrected chi connectivity index (χ1v) is 4.95. The van der Waals surface area contributed by atoms with Gasteiger partial charge in [0.2, 0.25) is 0 Å². The van der Waals surface area contributed by atoms with Gasteiger partial charge in [-0.05, 0) is 36.9 Å². The summed E-state index contributed by atoms with van der Waals surface area (Å²) in [5, 5.41) is 4.18. The fraction of sp³-hybridized carbons (Fsp3) is 0.625. The predicted octanol–water partition coefficient (Wildman–Crippen LogP) is 1.35. The molecule has 0 radical (unpaired) electrons. The molecule has 5 heteroatoms. The molecule has 0 aromatic carbocycles. The minimum absolute atomic E-state index is 0.337. The van der Waals surface area contributed by atoms with Gasteiger partial charge in [-0.25, -0.2) is 0 Å². The molecular formula is C8H15BrN4. The van der Waals surface area contributed by atoms with E-state index < -0.39 is 0 Å². The summed E-state index contributed by atoms with van der Waals surface area (Å²) >= 11 is 3.33. The first-order valence-electron chi connectivity index (χ1n) is 4.15. The normalized spacial score (nSPS) is 13.6. The quantitative estimate of drug-likeness (QED) is 0.877. The Labute approximate surface area is 86.8 Å². The molecule has 4 nitrogen and oxygen atoms in total. The molecule has 0 bridgehead atoms. The van der Waals surface area contributed by atoms with E-state index in [2.05, 4.69) is 32.9 Å². The number of nitrogen functional groups attached to an aromatic ring is 1. The molecule has 0 saturated carbocycles. The highest BCUT2D eigenvalue weighted by molar-refractivity contribution is 9.10. The van der Waals surface area contributed by atoms with Gasteiger partial charge in [0, 0.05) is 12.7 Å². The lowest BCUT2D eigenvalue weighted by Gasteiger charge is -2.16. The first-order chi connectivity index (χ1) is 6.00. The van der Waals surface area contributed by atoms with Crippen LogP contribution in [0.2, 0.25) is 0 Å². The maximum atomic E-state index is 5.62. The lowest BCUT2D eigenvalue weighted by Crippen LogP contribution is -2.22. The van der Waals surface area contributed by atoms with E-state index in [4.69, 9.17) is 5.73 Å². The Morgan fingerprint density at radius 2 is 2.31 bits per heavy atom. The average molecular weight is 247 g/mol. The Kier molecular flexibility index (Phi) is 3.33. The molecule has 0 fully saturated rings. The van der Waals surface area contributed by atoms with Crippen LogP contribution in [0, 0.1) is 0 Å². The van der Waals surface area contributed by atoms with Crippen molar-refractivity contribution in [3.8, 4) is 0 Å². The Morgan fingerprint density at radius 1 is 1.69 bits per heavy atom.